The summed E-state index contributed by atoms with van der Waals surface area (Å²) in [6.45, 7) is 4.72. The quantitative estimate of drug-likeness (QED) is 0.887. The molecule has 2 aliphatic rings. The van der Waals surface area contributed by atoms with Crippen molar-refractivity contribution in [2.24, 2.45) is 5.92 Å². The van der Waals surface area contributed by atoms with Gasteiger partial charge in [0.15, 0.2) is 0 Å². The molecule has 0 aromatic carbocycles. The Kier molecular flexibility index (Phi) is 5.96. The van der Waals surface area contributed by atoms with Gasteiger partial charge in [0.25, 0.3) is 0 Å². The average molecular weight is 346 g/mol. The van der Waals surface area contributed by atoms with Crippen molar-refractivity contribution < 1.29 is 14.3 Å². The first-order valence-electron chi connectivity index (χ1n) is 9.06. The summed E-state index contributed by atoms with van der Waals surface area (Å²) in [5.41, 5.74) is 1.77. The van der Waals surface area contributed by atoms with Crippen LogP contribution < -0.4 is 5.32 Å². The van der Waals surface area contributed by atoms with Crippen molar-refractivity contribution in [1.29, 1.82) is 0 Å². The van der Waals surface area contributed by atoms with E-state index in [1.54, 1.807) is 12.4 Å². The molecule has 0 saturated carbocycles. The number of rotatable bonds is 4. The van der Waals surface area contributed by atoms with Crippen molar-refractivity contribution >= 4 is 11.8 Å². The van der Waals surface area contributed by atoms with E-state index in [4.69, 9.17) is 4.74 Å². The summed E-state index contributed by atoms with van der Waals surface area (Å²) in [6, 6.07) is 0. The maximum absolute atomic E-state index is 12.6. The van der Waals surface area contributed by atoms with E-state index in [2.05, 4.69) is 15.3 Å². The van der Waals surface area contributed by atoms with Gasteiger partial charge in [-0.25, -0.2) is 0 Å². The molecule has 2 amide bonds. The summed E-state index contributed by atoms with van der Waals surface area (Å²) in [4.78, 5) is 34.6. The maximum atomic E-state index is 12.6. The third kappa shape index (κ3) is 4.54. The van der Waals surface area contributed by atoms with E-state index in [1.165, 1.54) is 6.92 Å². The minimum absolute atomic E-state index is 0.0251. The fraction of sp³-hybridized carbons (Fsp3) is 0.667. The zero-order valence-electron chi connectivity index (χ0n) is 14.7. The predicted octanol–water partition coefficient (Wildman–Crippen LogP) is 1.25. The molecule has 2 saturated heterocycles. The Labute approximate surface area is 148 Å². The van der Waals surface area contributed by atoms with Gasteiger partial charge in [0.1, 0.15) is 0 Å². The SMILES string of the molecule is CC(=O)NCc1nccnc1C1CCN(C(=O)C2CCCOC2)CC1. The van der Waals surface area contributed by atoms with Crippen LogP contribution in [0.4, 0.5) is 0 Å². The van der Waals surface area contributed by atoms with Gasteiger partial charge in [-0.2, -0.15) is 0 Å². The van der Waals surface area contributed by atoms with Gasteiger partial charge in [0.05, 0.1) is 30.5 Å². The van der Waals surface area contributed by atoms with Gasteiger partial charge < -0.3 is 15.0 Å². The minimum Gasteiger partial charge on any atom is -0.381 e. The van der Waals surface area contributed by atoms with Crippen LogP contribution in [0, 0.1) is 5.92 Å². The number of carbonyl (C=O) groups is 2. The van der Waals surface area contributed by atoms with Gasteiger partial charge in [-0.3, -0.25) is 19.6 Å². The van der Waals surface area contributed by atoms with Gasteiger partial charge in [-0.15, -0.1) is 0 Å². The Morgan fingerprint density at radius 2 is 2.00 bits per heavy atom. The van der Waals surface area contributed by atoms with E-state index >= 15 is 0 Å². The van der Waals surface area contributed by atoms with Gasteiger partial charge in [-0.05, 0) is 25.7 Å². The molecule has 1 N–H and O–H groups in total. The Balaban J connectivity index is 1.58. The first-order chi connectivity index (χ1) is 12.1. The van der Waals surface area contributed by atoms with Crippen LogP contribution in [0.5, 0.6) is 0 Å². The molecule has 0 radical (unpaired) electrons. The Bertz CT molecular complexity index is 608. The van der Waals surface area contributed by atoms with Crippen molar-refractivity contribution in [2.45, 2.75) is 45.1 Å². The molecular formula is C18H26N4O3. The summed E-state index contributed by atoms with van der Waals surface area (Å²) in [5, 5.41) is 2.79. The topological polar surface area (TPSA) is 84.4 Å². The minimum atomic E-state index is -0.0771. The standard InChI is InChI=1S/C18H26N4O3/c1-13(23)21-11-16-17(20-7-6-19-16)14-4-8-22(9-5-14)18(24)15-3-2-10-25-12-15/h6-7,14-15H,2-5,8-12H2,1H3,(H,21,23). The third-order valence-corrected chi connectivity index (χ3v) is 5.01. The first kappa shape index (κ1) is 17.8. The van der Waals surface area contributed by atoms with Crippen molar-refractivity contribution in [2.75, 3.05) is 26.3 Å². The van der Waals surface area contributed by atoms with Crippen LogP contribution in [0.2, 0.25) is 0 Å². The van der Waals surface area contributed by atoms with E-state index in [-0.39, 0.29) is 23.7 Å². The lowest BCUT2D eigenvalue weighted by Crippen LogP contribution is -2.43. The van der Waals surface area contributed by atoms with Crippen molar-refractivity contribution in [1.82, 2.24) is 20.2 Å². The van der Waals surface area contributed by atoms with Crippen LogP contribution in [0.3, 0.4) is 0 Å². The Hall–Kier alpha value is -2.02. The second-order valence-corrected chi connectivity index (χ2v) is 6.81. The number of carbonyl (C=O) groups excluding carboxylic acids is 2. The Morgan fingerprint density at radius 3 is 2.68 bits per heavy atom. The molecule has 1 aromatic heterocycles. The first-order valence-corrected chi connectivity index (χ1v) is 9.06. The number of piperidine rings is 1. The van der Waals surface area contributed by atoms with Crippen LogP contribution in [-0.2, 0) is 20.9 Å². The lowest BCUT2D eigenvalue weighted by Gasteiger charge is -2.35. The van der Waals surface area contributed by atoms with Gasteiger partial charge in [-0.1, -0.05) is 0 Å². The van der Waals surface area contributed by atoms with Crippen molar-refractivity contribution in [3.05, 3.63) is 23.8 Å². The predicted molar refractivity (Wildman–Crippen MR) is 91.7 cm³/mol. The summed E-state index contributed by atoms with van der Waals surface area (Å²) < 4.78 is 5.45. The molecule has 0 bridgehead atoms. The molecule has 2 fully saturated rings. The van der Waals surface area contributed by atoms with Gasteiger partial charge in [0, 0.05) is 44.9 Å². The molecule has 0 aliphatic carbocycles. The lowest BCUT2D eigenvalue weighted by atomic mass is 9.90. The largest absolute Gasteiger partial charge is 0.381 e. The van der Waals surface area contributed by atoms with E-state index < -0.39 is 0 Å². The molecule has 7 nitrogen and oxygen atoms in total. The zero-order chi connectivity index (χ0) is 17.6. The highest BCUT2D eigenvalue weighted by molar-refractivity contribution is 5.79. The number of aromatic nitrogens is 2. The van der Waals surface area contributed by atoms with Gasteiger partial charge in [0.2, 0.25) is 11.8 Å². The molecule has 1 atom stereocenters. The Morgan fingerprint density at radius 1 is 1.24 bits per heavy atom. The van der Waals surface area contributed by atoms with Crippen LogP contribution >= 0.6 is 0 Å². The molecule has 25 heavy (non-hydrogen) atoms. The number of hydrogen-bond acceptors (Lipinski definition) is 5. The molecule has 3 heterocycles. The van der Waals surface area contributed by atoms with Crippen LogP contribution in [0.1, 0.15) is 49.9 Å². The summed E-state index contributed by atoms with van der Waals surface area (Å²) >= 11 is 0. The van der Waals surface area contributed by atoms with Crippen molar-refractivity contribution in [3.8, 4) is 0 Å². The average Bonchev–Trinajstić information content (AvgIpc) is 2.67. The molecule has 3 rings (SSSR count). The van der Waals surface area contributed by atoms with E-state index in [1.807, 2.05) is 4.90 Å². The number of ether oxygens (including phenoxy) is 1. The van der Waals surface area contributed by atoms with Gasteiger partial charge >= 0.3 is 0 Å². The summed E-state index contributed by atoms with van der Waals surface area (Å²) in [5.74, 6) is 0.462. The fourth-order valence-corrected chi connectivity index (χ4v) is 3.63. The molecule has 7 heteroatoms. The molecule has 136 valence electrons. The second kappa shape index (κ2) is 8.38. The second-order valence-electron chi connectivity index (χ2n) is 6.81. The number of nitrogens with zero attached hydrogens (tertiary/aromatic N) is 3. The van der Waals surface area contributed by atoms with Crippen molar-refractivity contribution in [3.63, 3.8) is 0 Å². The van der Waals surface area contributed by atoms with Crippen LogP contribution in [-0.4, -0.2) is 53.0 Å². The normalized spacial score (nSPS) is 21.8. The highest BCUT2D eigenvalue weighted by atomic mass is 16.5. The molecule has 2 aliphatic heterocycles. The highest BCUT2D eigenvalue weighted by Gasteiger charge is 2.31. The summed E-state index contributed by atoms with van der Waals surface area (Å²) in [6.07, 6.45) is 7.02. The zero-order valence-corrected chi connectivity index (χ0v) is 14.7. The van der Waals surface area contributed by atoms with E-state index in [0.29, 0.717) is 13.2 Å². The van der Waals surface area contributed by atoms with Crippen LogP contribution in [0.25, 0.3) is 0 Å². The number of amides is 2. The number of nitrogens with one attached hydrogen (secondary N) is 1. The monoisotopic (exact) mass is 346 g/mol. The van der Waals surface area contributed by atoms with E-state index in [0.717, 1.165) is 56.8 Å². The van der Waals surface area contributed by atoms with E-state index in [9.17, 15) is 9.59 Å². The molecule has 0 spiro atoms. The maximum Gasteiger partial charge on any atom is 0.228 e. The fourth-order valence-electron chi connectivity index (χ4n) is 3.63. The smallest absolute Gasteiger partial charge is 0.228 e. The number of hydrogen-bond donors (Lipinski definition) is 1. The highest BCUT2D eigenvalue weighted by Crippen LogP contribution is 2.29. The van der Waals surface area contributed by atoms with Crippen LogP contribution in [0.15, 0.2) is 12.4 Å². The molecular weight excluding hydrogens is 320 g/mol. The third-order valence-electron chi connectivity index (χ3n) is 5.01. The molecule has 1 unspecified atom stereocenters. The molecule has 1 aromatic rings. The lowest BCUT2D eigenvalue weighted by molar-refractivity contribution is -0.140. The summed E-state index contributed by atoms with van der Waals surface area (Å²) in [7, 11) is 0. The number of likely N-dealkylation sites (tertiary alicyclic amines) is 1.